The van der Waals surface area contributed by atoms with Crippen LogP contribution in [0.3, 0.4) is 0 Å². The van der Waals surface area contributed by atoms with E-state index in [2.05, 4.69) is 25.3 Å². The minimum atomic E-state index is 0.820. The summed E-state index contributed by atoms with van der Waals surface area (Å²) in [5.41, 5.74) is 0. The van der Waals surface area contributed by atoms with E-state index in [4.69, 9.17) is 0 Å². The number of rotatable bonds is 3. The summed E-state index contributed by atoms with van der Waals surface area (Å²) in [7, 11) is 0. The predicted octanol–water partition coefficient (Wildman–Crippen LogP) is 2.29. The minimum absolute atomic E-state index is 0.820. The van der Waals surface area contributed by atoms with E-state index in [1.54, 1.807) is 0 Å². The van der Waals surface area contributed by atoms with Crippen molar-refractivity contribution < 1.29 is 0 Å². The molecule has 0 unspecified atom stereocenters. The van der Waals surface area contributed by atoms with Crippen molar-refractivity contribution in [3.8, 4) is 0 Å². The van der Waals surface area contributed by atoms with Gasteiger partial charge in [-0.3, -0.25) is 4.90 Å². The van der Waals surface area contributed by atoms with Gasteiger partial charge in [-0.1, -0.05) is 13.8 Å². The molecule has 1 aliphatic heterocycles. The van der Waals surface area contributed by atoms with Crippen molar-refractivity contribution in [3.05, 3.63) is 6.54 Å². The van der Waals surface area contributed by atoms with Crippen LogP contribution in [-0.2, 0) is 0 Å². The SMILES string of the molecule is CC(C)C[CH]N1CCCC1. The number of hydrogen-bond acceptors (Lipinski definition) is 1. The van der Waals surface area contributed by atoms with E-state index in [9.17, 15) is 0 Å². The Labute approximate surface area is 64.4 Å². The van der Waals surface area contributed by atoms with Gasteiger partial charge in [-0.15, -0.1) is 0 Å². The second-order valence-corrected chi connectivity index (χ2v) is 3.56. The molecule has 1 aliphatic rings. The van der Waals surface area contributed by atoms with E-state index in [-0.39, 0.29) is 0 Å². The van der Waals surface area contributed by atoms with Crippen LogP contribution < -0.4 is 0 Å². The maximum absolute atomic E-state index is 2.46. The lowest BCUT2D eigenvalue weighted by Crippen LogP contribution is -2.16. The summed E-state index contributed by atoms with van der Waals surface area (Å²) in [5.74, 6) is 0.820. The second kappa shape index (κ2) is 3.97. The Bertz CT molecular complexity index is 82.7. The highest BCUT2D eigenvalue weighted by atomic mass is 15.1. The van der Waals surface area contributed by atoms with Crippen molar-refractivity contribution in [3.63, 3.8) is 0 Å². The molecule has 1 rings (SSSR count). The molecule has 1 heteroatoms. The van der Waals surface area contributed by atoms with E-state index in [0.29, 0.717) is 0 Å². The van der Waals surface area contributed by atoms with Crippen molar-refractivity contribution in [2.45, 2.75) is 33.1 Å². The quantitative estimate of drug-likeness (QED) is 0.581. The Morgan fingerprint density at radius 2 is 1.90 bits per heavy atom. The van der Waals surface area contributed by atoms with Crippen LogP contribution in [0.4, 0.5) is 0 Å². The largest absolute Gasteiger partial charge is 0.299 e. The third-order valence-electron chi connectivity index (χ3n) is 1.98. The monoisotopic (exact) mass is 140 g/mol. The molecule has 59 valence electrons. The van der Waals surface area contributed by atoms with Crippen LogP contribution in [0, 0.1) is 12.5 Å². The summed E-state index contributed by atoms with van der Waals surface area (Å²) in [5, 5.41) is 0. The van der Waals surface area contributed by atoms with E-state index in [0.717, 1.165) is 5.92 Å². The molecule has 1 radical (unpaired) electrons. The fourth-order valence-electron chi connectivity index (χ4n) is 1.28. The Balaban J connectivity index is 2.01. The standard InChI is InChI=1S/C9H18N/c1-9(2)5-8-10-6-3-4-7-10/h8-9H,3-7H2,1-2H3. The molecule has 0 saturated carbocycles. The molecule has 0 spiro atoms. The molecule has 0 amide bonds. The molecule has 0 aromatic carbocycles. The van der Waals surface area contributed by atoms with Crippen LogP contribution >= 0.6 is 0 Å². The first-order valence-corrected chi connectivity index (χ1v) is 4.36. The van der Waals surface area contributed by atoms with Crippen LogP contribution in [0.25, 0.3) is 0 Å². The topological polar surface area (TPSA) is 3.24 Å². The maximum Gasteiger partial charge on any atom is 0.0254 e. The molecule has 0 N–H and O–H groups in total. The van der Waals surface area contributed by atoms with Gasteiger partial charge in [-0.05, 0) is 38.3 Å². The maximum atomic E-state index is 2.46. The zero-order valence-electron chi connectivity index (χ0n) is 7.14. The van der Waals surface area contributed by atoms with Gasteiger partial charge in [-0.25, -0.2) is 0 Å². The van der Waals surface area contributed by atoms with E-state index in [1.165, 1.54) is 32.4 Å². The van der Waals surface area contributed by atoms with Gasteiger partial charge < -0.3 is 0 Å². The third-order valence-corrected chi connectivity index (χ3v) is 1.98. The molecule has 0 aliphatic carbocycles. The summed E-state index contributed by atoms with van der Waals surface area (Å²) in [4.78, 5) is 2.46. The molecule has 10 heavy (non-hydrogen) atoms. The molecule has 1 heterocycles. The average molecular weight is 140 g/mol. The van der Waals surface area contributed by atoms with E-state index >= 15 is 0 Å². The Kier molecular flexibility index (Phi) is 3.20. The van der Waals surface area contributed by atoms with Gasteiger partial charge in [0.2, 0.25) is 0 Å². The predicted molar refractivity (Wildman–Crippen MR) is 44.6 cm³/mol. The van der Waals surface area contributed by atoms with Gasteiger partial charge >= 0.3 is 0 Å². The smallest absolute Gasteiger partial charge is 0.0254 e. The summed E-state index contributed by atoms with van der Waals surface area (Å²) < 4.78 is 0. The van der Waals surface area contributed by atoms with Gasteiger partial charge in [0.1, 0.15) is 0 Å². The Hall–Kier alpha value is -0.0400. The molecular formula is C9H18N. The average Bonchev–Trinajstić information content (AvgIpc) is 2.34. The van der Waals surface area contributed by atoms with Gasteiger partial charge in [0.05, 0.1) is 0 Å². The van der Waals surface area contributed by atoms with Crippen LogP contribution in [0.15, 0.2) is 0 Å². The van der Waals surface area contributed by atoms with Crippen molar-refractivity contribution in [1.82, 2.24) is 4.90 Å². The van der Waals surface area contributed by atoms with E-state index in [1.807, 2.05) is 0 Å². The number of hydrogen-bond donors (Lipinski definition) is 0. The van der Waals surface area contributed by atoms with Gasteiger partial charge in [0.25, 0.3) is 0 Å². The molecule has 0 bridgehead atoms. The Morgan fingerprint density at radius 3 is 2.40 bits per heavy atom. The summed E-state index contributed by atoms with van der Waals surface area (Å²) in [6.45, 7) is 9.51. The molecule has 1 nitrogen and oxygen atoms in total. The third kappa shape index (κ3) is 2.70. The summed E-state index contributed by atoms with van der Waals surface area (Å²) in [6, 6.07) is 0. The highest BCUT2D eigenvalue weighted by Crippen LogP contribution is 2.13. The van der Waals surface area contributed by atoms with Crippen molar-refractivity contribution >= 4 is 0 Å². The summed E-state index contributed by atoms with van der Waals surface area (Å²) >= 11 is 0. The highest BCUT2D eigenvalue weighted by molar-refractivity contribution is 4.74. The van der Waals surface area contributed by atoms with Crippen LogP contribution in [0.2, 0.25) is 0 Å². The fourth-order valence-corrected chi connectivity index (χ4v) is 1.28. The molecule has 0 atom stereocenters. The van der Waals surface area contributed by atoms with E-state index < -0.39 is 0 Å². The molecule has 0 aromatic rings. The zero-order chi connectivity index (χ0) is 7.40. The first-order valence-electron chi connectivity index (χ1n) is 4.36. The fraction of sp³-hybridized carbons (Fsp3) is 0.889. The minimum Gasteiger partial charge on any atom is -0.299 e. The normalized spacial score (nSPS) is 20.7. The second-order valence-electron chi connectivity index (χ2n) is 3.56. The summed E-state index contributed by atoms with van der Waals surface area (Å²) in [6.07, 6.45) is 4.04. The van der Waals surface area contributed by atoms with Gasteiger partial charge in [-0.2, -0.15) is 0 Å². The zero-order valence-corrected chi connectivity index (χ0v) is 7.14. The highest BCUT2D eigenvalue weighted by Gasteiger charge is 2.10. The van der Waals surface area contributed by atoms with Crippen LogP contribution in [-0.4, -0.2) is 18.0 Å². The molecular weight excluding hydrogens is 122 g/mol. The molecule has 1 fully saturated rings. The molecule has 1 saturated heterocycles. The van der Waals surface area contributed by atoms with Crippen molar-refractivity contribution in [2.24, 2.45) is 5.92 Å². The number of likely N-dealkylation sites (tertiary alicyclic amines) is 1. The lowest BCUT2D eigenvalue weighted by Gasteiger charge is -2.14. The van der Waals surface area contributed by atoms with Gasteiger partial charge in [0, 0.05) is 6.54 Å². The Morgan fingerprint density at radius 1 is 1.30 bits per heavy atom. The number of nitrogens with zero attached hydrogens (tertiary/aromatic N) is 1. The first-order chi connectivity index (χ1) is 4.79. The van der Waals surface area contributed by atoms with Crippen LogP contribution in [0.5, 0.6) is 0 Å². The lowest BCUT2D eigenvalue weighted by molar-refractivity contribution is 0.379. The first kappa shape index (κ1) is 8.06. The molecule has 0 aromatic heterocycles. The van der Waals surface area contributed by atoms with Crippen molar-refractivity contribution in [2.75, 3.05) is 13.1 Å². The lowest BCUT2D eigenvalue weighted by atomic mass is 10.1. The van der Waals surface area contributed by atoms with Crippen molar-refractivity contribution in [1.29, 1.82) is 0 Å². The van der Waals surface area contributed by atoms with Gasteiger partial charge in [0.15, 0.2) is 0 Å². The van der Waals surface area contributed by atoms with Crippen LogP contribution in [0.1, 0.15) is 33.1 Å².